The summed E-state index contributed by atoms with van der Waals surface area (Å²) in [4.78, 5) is 16.5. The van der Waals surface area contributed by atoms with Gasteiger partial charge in [-0.1, -0.05) is 0 Å². The van der Waals surface area contributed by atoms with Crippen LogP contribution < -0.4 is 0 Å². The largest absolute Gasteiger partial charge is 0.493 e. The maximum Gasteiger partial charge on any atom is 0.267 e. The van der Waals surface area contributed by atoms with Gasteiger partial charge in [0.15, 0.2) is 11.6 Å². The second-order valence-electron chi connectivity index (χ2n) is 2.53. The van der Waals surface area contributed by atoms with Gasteiger partial charge in [-0.3, -0.25) is 4.79 Å². The SMILES string of the molecule is COC1=CC=CN2CC(=O)N=C12. The van der Waals surface area contributed by atoms with Crippen LogP contribution in [0.2, 0.25) is 0 Å². The highest BCUT2D eigenvalue weighted by Crippen LogP contribution is 2.15. The molecule has 0 aromatic carbocycles. The van der Waals surface area contributed by atoms with E-state index in [4.69, 9.17) is 4.74 Å². The number of amidine groups is 1. The molecule has 2 heterocycles. The van der Waals surface area contributed by atoms with E-state index in [-0.39, 0.29) is 5.91 Å². The molecule has 62 valence electrons. The fourth-order valence-electron chi connectivity index (χ4n) is 1.23. The Bertz CT molecular complexity index is 315. The van der Waals surface area contributed by atoms with Crippen molar-refractivity contribution in [2.75, 3.05) is 13.7 Å². The second kappa shape index (κ2) is 2.48. The van der Waals surface area contributed by atoms with Gasteiger partial charge in [0.2, 0.25) is 0 Å². The number of carbonyl (C=O) groups is 1. The van der Waals surface area contributed by atoms with Crippen molar-refractivity contribution in [2.45, 2.75) is 0 Å². The molecule has 2 rings (SSSR count). The molecule has 0 radical (unpaired) electrons. The smallest absolute Gasteiger partial charge is 0.267 e. The summed E-state index contributed by atoms with van der Waals surface area (Å²) in [5.74, 6) is 1.13. The Kier molecular flexibility index (Phi) is 1.46. The molecule has 0 N–H and O–H groups in total. The summed E-state index contributed by atoms with van der Waals surface area (Å²) in [7, 11) is 1.56. The molecule has 2 aliphatic rings. The third kappa shape index (κ3) is 0.922. The number of ether oxygens (including phenoxy) is 1. The molecule has 0 aromatic rings. The minimum Gasteiger partial charge on any atom is -0.493 e. The van der Waals surface area contributed by atoms with E-state index < -0.39 is 0 Å². The number of hydrogen-bond donors (Lipinski definition) is 0. The number of hydrogen-bond acceptors (Lipinski definition) is 3. The van der Waals surface area contributed by atoms with Crippen LogP contribution >= 0.6 is 0 Å². The highest BCUT2D eigenvalue weighted by Gasteiger charge is 2.26. The standard InChI is InChI=1S/C8H8N2O2/c1-12-6-3-2-4-10-5-7(11)9-8(6)10/h2-4H,5H2,1H3. The van der Waals surface area contributed by atoms with E-state index in [9.17, 15) is 4.79 Å². The Labute approximate surface area is 69.8 Å². The van der Waals surface area contributed by atoms with E-state index in [1.165, 1.54) is 0 Å². The average Bonchev–Trinajstić information content (AvgIpc) is 2.44. The molecule has 4 nitrogen and oxygen atoms in total. The average molecular weight is 164 g/mol. The van der Waals surface area contributed by atoms with Gasteiger partial charge in [0.1, 0.15) is 6.54 Å². The number of amides is 1. The lowest BCUT2D eigenvalue weighted by Gasteiger charge is -2.18. The maximum absolute atomic E-state index is 10.9. The van der Waals surface area contributed by atoms with Crippen molar-refractivity contribution in [1.82, 2.24) is 4.90 Å². The molecule has 1 amide bonds. The van der Waals surface area contributed by atoms with Crippen LogP contribution in [-0.4, -0.2) is 30.3 Å². The summed E-state index contributed by atoms with van der Waals surface area (Å²) >= 11 is 0. The summed E-state index contributed by atoms with van der Waals surface area (Å²) in [6, 6.07) is 0. The van der Waals surface area contributed by atoms with Gasteiger partial charge in [-0.15, -0.1) is 0 Å². The summed E-state index contributed by atoms with van der Waals surface area (Å²) in [6.07, 6.45) is 5.43. The number of carbonyl (C=O) groups excluding carboxylic acids is 1. The van der Waals surface area contributed by atoms with Crippen molar-refractivity contribution in [3.63, 3.8) is 0 Å². The van der Waals surface area contributed by atoms with E-state index in [1.54, 1.807) is 18.1 Å². The number of methoxy groups -OCH3 is 1. The number of aliphatic imine (C=N–C) groups is 1. The second-order valence-corrected chi connectivity index (χ2v) is 2.53. The molecular weight excluding hydrogens is 156 g/mol. The van der Waals surface area contributed by atoms with Crippen molar-refractivity contribution >= 4 is 11.7 Å². The molecule has 0 fully saturated rings. The lowest BCUT2D eigenvalue weighted by Crippen LogP contribution is -2.26. The normalized spacial score (nSPS) is 20.4. The third-order valence-electron chi connectivity index (χ3n) is 1.76. The Morgan fingerprint density at radius 2 is 2.50 bits per heavy atom. The number of fused-ring (bicyclic) bond motifs is 1. The van der Waals surface area contributed by atoms with Gasteiger partial charge in [-0.2, -0.15) is 4.99 Å². The summed E-state index contributed by atoms with van der Waals surface area (Å²) < 4.78 is 5.04. The summed E-state index contributed by atoms with van der Waals surface area (Å²) in [5, 5.41) is 0. The van der Waals surface area contributed by atoms with Gasteiger partial charge in [0.05, 0.1) is 7.11 Å². The molecule has 0 aliphatic carbocycles. The lowest BCUT2D eigenvalue weighted by molar-refractivity contribution is -0.116. The highest BCUT2D eigenvalue weighted by molar-refractivity contribution is 6.10. The zero-order valence-electron chi connectivity index (χ0n) is 6.65. The molecule has 0 saturated heterocycles. The first-order valence-corrected chi connectivity index (χ1v) is 3.62. The van der Waals surface area contributed by atoms with Crippen LogP contribution in [0, 0.1) is 0 Å². The quantitative estimate of drug-likeness (QED) is 0.559. The van der Waals surface area contributed by atoms with Gasteiger partial charge in [-0.05, 0) is 12.2 Å². The van der Waals surface area contributed by atoms with Gasteiger partial charge >= 0.3 is 0 Å². The zero-order valence-corrected chi connectivity index (χ0v) is 6.65. The monoisotopic (exact) mass is 164 g/mol. The molecule has 0 spiro atoms. The predicted molar refractivity (Wildman–Crippen MR) is 43.4 cm³/mol. The Balaban J connectivity index is 2.37. The molecule has 4 heteroatoms. The molecule has 0 unspecified atom stereocenters. The van der Waals surface area contributed by atoms with E-state index in [1.807, 2.05) is 12.3 Å². The molecular formula is C8H8N2O2. The van der Waals surface area contributed by atoms with Crippen LogP contribution in [0.25, 0.3) is 0 Å². The molecule has 2 aliphatic heterocycles. The van der Waals surface area contributed by atoms with Crippen LogP contribution in [-0.2, 0) is 9.53 Å². The van der Waals surface area contributed by atoms with Crippen molar-refractivity contribution in [3.05, 3.63) is 24.1 Å². The Morgan fingerprint density at radius 1 is 1.67 bits per heavy atom. The van der Waals surface area contributed by atoms with Gasteiger partial charge in [-0.25, -0.2) is 0 Å². The van der Waals surface area contributed by atoms with Crippen LogP contribution in [0.15, 0.2) is 29.1 Å². The molecule has 0 bridgehead atoms. The van der Waals surface area contributed by atoms with Gasteiger partial charge < -0.3 is 9.64 Å². The number of nitrogens with zero attached hydrogens (tertiary/aromatic N) is 2. The van der Waals surface area contributed by atoms with E-state index in [0.29, 0.717) is 18.1 Å². The number of rotatable bonds is 1. The summed E-state index contributed by atoms with van der Waals surface area (Å²) in [5.41, 5.74) is 0. The Morgan fingerprint density at radius 3 is 3.25 bits per heavy atom. The first-order valence-electron chi connectivity index (χ1n) is 3.62. The first-order chi connectivity index (χ1) is 5.81. The molecule has 0 atom stereocenters. The van der Waals surface area contributed by atoms with E-state index in [0.717, 1.165) is 0 Å². The van der Waals surface area contributed by atoms with Crippen molar-refractivity contribution in [3.8, 4) is 0 Å². The van der Waals surface area contributed by atoms with Crippen molar-refractivity contribution in [2.24, 2.45) is 4.99 Å². The summed E-state index contributed by atoms with van der Waals surface area (Å²) in [6.45, 7) is 0.326. The molecule has 0 aromatic heterocycles. The van der Waals surface area contributed by atoms with Gasteiger partial charge in [0.25, 0.3) is 5.91 Å². The number of allylic oxidation sites excluding steroid dienone is 2. The highest BCUT2D eigenvalue weighted by atomic mass is 16.5. The van der Waals surface area contributed by atoms with Crippen LogP contribution in [0.1, 0.15) is 0 Å². The minimum atomic E-state index is -0.125. The van der Waals surface area contributed by atoms with E-state index >= 15 is 0 Å². The third-order valence-corrected chi connectivity index (χ3v) is 1.76. The fraction of sp³-hybridized carbons (Fsp3) is 0.250. The first kappa shape index (κ1) is 7.09. The van der Waals surface area contributed by atoms with Crippen molar-refractivity contribution in [1.29, 1.82) is 0 Å². The van der Waals surface area contributed by atoms with E-state index in [2.05, 4.69) is 4.99 Å². The topological polar surface area (TPSA) is 41.9 Å². The Hall–Kier alpha value is -1.58. The zero-order chi connectivity index (χ0) is 8.55. The van der Waals surface area contributed by atoms with Crippen LogP contribution in [0.3, 0.4) is 0 Å². The van der Waals surface area contributed by atoms with Gasteiger partial charge in [0, 0.05) is 6.20 Å². The predicted octanol–water partition coefficient (Wildman–Crippen LogP) is 0.285. The van der Waals surface area contributed by atoms with Crippen molar-refractivity contribution < 1.29 is 9.53 Å². The molecule has 12 heavy (non-hydrogen) atoms. The minimum absolute atomic E-state index is 0.125. The fourth-order valence-corrected chi connectivity index (χ4v) is 1.23. The lowest BCUT2D eigenvalue weighted by atomic mass is 10.3. The molecule has 0 saturated carbocycles. The van der Waals surface area contributed by atoms with Crippen LogP contribution in [0.4, 0.5) is 0 Å². The maximum atomic E-state index is 10.9. The van der Waals surface area contributed by atoms with Crippen LogP contribution in [0.5, 0.6) is 0 Å².